The third-order valence-corrected chi connectivity index (χ3v) is 6.58. The Kier molecular flexibility index (Phi) is 4.99. The van der Waals surface area contributed by atoms with E-state index < -0.39 is 0 Å². The summed E-state index contributed by atoms with van der Waals surface area (Å²) in [6.45, 7) is 1.09. The molecule has 9 heteroatoms. The topological polar surface area (TPSA) is 73.0 Å². The molecule has 0 atom stereocenters. The number of halogens is 1. The van der Waals surface area contributed by atoms with Crippen LogP contribution < -0.4 is 10.2 Å². The van der Waals surface area contributed by atoms with Gasteiger partial charge in [0.1, 0.15) is 17.4 Å². The number of nitrogens with zero attached hydrogens (tertiary/aromatic N) is 3. The van der Waals surface area contributed by atoms with E-state index in [9.17, 15) is 18.8 Å². The molecule has 1 aromatic heterocycles. The second kappa shape index (κ2) is 7.47. The van der Waals surface area contributed by atoms with Crippen LogP contribution in [0, 0.1) is 5.82 Å². The minimum atomic E-state index is -0.327. The molecule has 152 valence electrons. The Morgan fingerprint density at radius 3 is 2.62 bits per heavy atom. The molecule has 0 bridgehead atoms. The van der Waals surface area contributed by atoms with Gasteiger partial charge in [0.15, 0.2) is 0 Å². The summed E-state index contributed by atoms with van der Waals surface area (Å²) in [5, 5.41) is 3.67. The average Bonchev–Trinajstić information content (AvgIpc) is 3.07. The maximum atomic E-state index is 13.0. The zero-order valence-electron chi connectivity index (χ0n) is 16.2. The van der Waals surface area contributed by atoms with Gasteiger partial charge in [-0.15, -0.1) is 11.3 Å². The Hall–Kier alpha value is -2.94. The van der Waals surface area contributed by atoms with E-state index in [4.69, 9.17) is 0 Å². The fourth-order valence-electron chi connectivity index (χ4n) is 3.60. The van der Waals surface area contributed by atoms with Crippen molar-refractivity contribution in [2.75, 3.05) is 43.9 Å². The van der Waals surface area contributed by atoms with E-state index in [0.29, 0.717) is 35.8 Å². The highest BCUT2D eigenvalue weighted by Gasteiger charge is 2.36. The zero-order chi connectivity index (χ0) is 20.7. The van der Waals surface area contributed by atoms with E-state index >= 15 is 0 Å². The number of anilines is 2. The van der Waals surface area contributed by atoms with Crippen LogP contribution in [0.15, 0.2) is 24.3 Å². The molecule has 0 spiro atoms. The Balaban J connectivity index is 1.50. The van der Waals surface area contributed by atoms with Crippen molar-refractivity contribution in [1.82, 2.24) is 9.80 Å². The van der Waals surface area contributed by atoms with Crippen molar-refractivity contribution in [3.05, 3.63) is 46.1 Å². The van der Waals surface area contributed by atoms with Crippen molar-refractivity contribution in [3.8, 4) is 0 Å². The third-order valence-electron chi connectivity index (χ3n) is 5.29. The molecule has 4 rings (SSSR count). The van der Waals surface area contributed by atoms with Crippen molar-refractivity contribution in [2.24, 2.45) is 0 Å². The van der Waals surface area contributed by atoms with E-state index in [0.717, 1.165) is 10.4 Å². The Labute approximate surface area is 171 Å². The lowest BCUT2D eigenvalue weighted by atomic mass is 10.0. The molecule has 1 aromatic carbocycles. The molecule has 0 saturated carbocycles. The summed E-state index contributed by atoms with van der Waals surface area (Å²) in [5.41, 5.74) is 2.21. The maximum Gasteiger partial charge on any atom is 0.257 e. The number of nitrogens with one attached hydrogen (secondary N) is 1. The van der Waals surface area contributed by atoms with Crippen LogP contribution in [0.3, 0.4) is 0 Å². The lowest BCUT2D eigenvalue weighted by Crippen LogP contribution is -2.39. The van der Waals surface area contributed by atoms with Crippen LogP contribution in [0.5, 0.6) is 0 Å². The first-order valence-electron chi connectivity index (χ1n) is 9.29. The normalized spacial score (nSPS) is 16.4. The van der Waals surface area contributed by atoms with Gasteiger partial charge >= 0.3 is 0 Å². The number of benzene rings is 1. The van der Waals surface area contributed by atoms with Gasteiger partial charge in [-0.25, -0.2) is 4.39 Å². The third kappa shape index (κ3) is 3.57. The highest BCUT2D eigenvalue weighted by atomic mass is 32.1. The van der Waals surface area contributed by atoms with Gasteiger partial charge < -0.3 is 20.0 Å². The van der Waals surface area contributed by atoms with Gasteiger partial charge in [0.2, 0.25) is 11.8 Å². The number of hydrogen-bond donors (Lipinski definition) is 1. The largest absolute Gasteiger partial charge is 0.376 e. The van der Waals surface area contributed by atoms with Crippen LogP contribution in [0.25, 0.3) is 0 Å². The summed E-state index contributed by atoms with van der Waals surface area (Å²) in [5.74, 6) is -0.675. The molecule has 3 heterocycles. The van der Waals surface area contributed by atoms with Gasteiger partial charge in [0.05, 0.1) is 18.7 Å². The van der Waals surface area contributed by atoms with E-state index in [1.165, 1.54) is 28.4 Å². The Morgan fingerprint density at radius 2 is 1.90 bits per heavy atom. The first kappa shape index (κ1) is 19.4. The van der Waals surface area contributed by atoms with Gasteiger partial charge in [0.25, 0.3) is 5.91 Å². The minimum absolute atomic E-state index is 0.0607. The van der Waals surface area contributed by atoms with Crippen LogP contribution in [0.2, 0.25) is 0 Å². The van der Waals surface area contributed by atoms with Gasteiger partial charge in [-0.2, -0.15) is 0 Å². The van der Waals surface area contributed by atoms with Crippen LogP contribution in [-0.2, 0) is 22.6 Å². The summed E-state index contributed by atoms with van der Waals surface area (Å²) < 4.78 is 13.0. The van der Waals surface area contributed by atoms with Crippen molar-refractivity contribution in [1.29, 1.82) is 0 Å². The molecule has 2 aromatic rings. The molecule has 0 aliphatic carbocycles. The lowest BCUT2D eigenvalue weighted by Gasteiger charge is -2.28. The maximum absolute atomic E-state index is 13.0. The first-order valence-corrected chi connectivity index (χ1v) is 10.1. The second-order valence-corrected chi connectivity index (χ2v) is 8.31. The molecule has 0 radical (unpaired) electrons. The highest BCUT2D eigenvalue weighted by molar-refractivity contribution is 7.17. The summed E-state index contributed by atoms with van der Waals surface area (Å²) in [7, 11) is 3.32. The first-order chi connectivity index (χ1) is 13.8. The van der Waals surface area contributed by atoms with Crippen molar-refractivity contribution < 1.29 is 18.8 Å². The van der Waals surface area contributed by atoms with Crippen LogP contribution in [0.1, 0.15) is 20.8 Å². The molecular formula is C20H21FN4O3S. The average molecular weight is 416 g/mol. The van der Waals surface area contributed by atoms with Crippen molar-refractivity contribution in [2.45, 2.75) is 13.0 Å². The fourth-order valence-corrected chi connectivity index (χ4v) is 4.93. The van der Waals surface area contributed by atoms with E-state index in [1.54, 1.807) is 36.0 Å². The summed E-state index contributed by atoms with van der Waals surface area (Å²) in [4.78, 5) is 43.4. The van der Waals surface area contributed by atoms with Gasteiger partial charge in [-0.3, -0.25) is 14.4 Å². The summed E-state index contributed by atoms with van der Waals surface area (Å²) >= 11 is 1.41. The molecule has 2 aliphatic rings. The monoisotopic (exact) mass is 416 g/mol. The highest BCUT2D eigenvalue weighted by Crippen LogP contribution is 2.40. The number of carbonyl (C=O) groups excluding carboxylic acids is 3. The molecule has 7 nitrogen and oxygen atoms in total. The number of amides is 3. The second-order valence-electron chi connectivity index (χ2n) is 7.22. The van der Waals surface area contributed by atoms with Crippen molar-refractivity contribution >= 4 is 39.7 Å². The number of thiophene rings is 1. The molecule has 0 unspecified atom stereocenters. The Bertz CT molecular complexity index is 988. The number of rotatable bonds is 3. The number of likely N-dealkylation sites (N-methyl/N-ethyl adjacent to an activating group) is 2. The SMILES string of the molecule is CN1CC(=O)N(C)c2sc3c(c2C1=O)CCN(C(=O)CNc1ccc(F)cc1)C3. The number of hydrogen-bond acceptors (Lipinski definition) is 5. The fraction of sp³-hybridized carbons (Fsp3) is 0.350. The predicted octanol–water partition coefficient (Wildman–Crippen LogP) is 1.93. The zero-order valence-corrected chi connectivity index (χ0v) is 17.0. The molecule has 3 amide bonds. The summed E-state index contributed by atoms with van der Waals surface area (Å²) in [6.07, 6.45) is 0.574. The molecule has 0 fully saturated rings. The van der Waals surface area contributed by atoms with E-state index in [2.05, 4.69) is 5.32 Å². The lowest BCUT2D eigenvalue weighted by molar-refractivity contribution is -0.130. The van der Waals surface area contributed by atoms with Gasteiger partial charge in [0, 0.05) is 31.2 Å². The smallest absolute Gasteiger partial charge is 0.257 e. The molecule has 0 saturated heterocycles. The Morgan fingerprint density at radius 1 is 1.17 bits per heavy atom. The quantitative estimate of drug-likeness (QED) is 0.830. The van der Waals surface area contributed by atoms with Crippen LogP contribution in [-0.4, -0.2) is 61.3 Å². The summed E-state index contributed by atoms with van der Waals surface area (Å²) in [6, 6.07) is 5.85. The molecule has 2 aliphatic heterocycles. The number of fused-ring (bicyclic) bond motifs is 3. The predicted molar refractivity (Wildman–Crippen MR) is 109 cm³/mol. The molecular weight excluding hydrogens is 395 g/mol. The minimum Gasteiger partial charge on any atom is -0.376 e. The van der Waals surface area contributed by atoms with Crippen LogP contribution in [0.4, 0.5) is 15.1 Å². The van der Waals surface area contributed by atoms with Gasteiger partial charge in [-0.05, 0) is 36.2 Å². The number of carbonyl (C=O) groups is 3. The molecule has 1 N–H and O–H groups in total. The van der Waals surface area contributed by atoms with E-state index in [-0.39, 0.29) is 36.6 Å². The molecule has 29 heavy (non-hydrogen) atoms. The van der Waals surface area contributed by atoms with E-state index in [1.807, 2.05) is 0 Å². The van der Waals surface area contributed by atoms with Crippen LogP contribution >= 0.6 is 11.3 Å². The standard InChI is InChI=1S/C20H21FN4O3S/c1-23-11-17(27)24(2)20-18(19(23)28)14-7-8-25(10-15(14)29-20)16(26)9-22-13-5-3-12(21)4-6-13/h3-6,22H,7-11H2,1-2H3. The van der Waals surface area contributed by atoms with Gasteiger partial charge in [-0.1, -0.05) is 0 Å². The van der Waals surface area contributed by atoms with Crippen molar-refractivity contribution in [3.63, 3.8) is 0 Å².